The fourth-order valence-electron chi connectivity index (χ4n) is 2.93. The van der Waals surface area contributed by atoms with E-state index in [2.05, 4.69) is 5.32 Å². The molecule has 1 atom stereocenters. The maximum atomic E-state index is 13.3. The van der Waals surface area contributed by atoms with Crippen LogP contribution in [0.25, 0.3) is 0 Å². The lowest BCUT2D eigenvalue weighted by Gasteiger charge is -2.31. The molecule has 0 unspecified atom stereocenters. The summed E-state index contributed by atoms with van der Waals surface area (Å²) in [6.45, 7) is 11.2. The van der Waals surface area contributed by atoms with Gasteiger partial charge in [0.15, 0.2) is 6.61 Å². The number of amides is 2. The number of nitrogens with zero attached hydrogens (tertiary/aromatic N) is 1. The minimum Gasteiger partial charge on any atom is -0.483 e. The molecule has 30 heavy (non-hydrogen) atoms. The van der Waals surface area contributed by atoms with Crippen molar-refractivity contribution in [3.05, 3.63) is 65.0 Å². The molecule has 0 fully saturated rings. The number of aryl methyl sites for hydroxylation is 2. The fourth-order valence-corrected chi connectivity index (χ4v) is 2.93. The Bertz CT molecular complexity index is 888. The van der Waals surface area contributed by atoms with Crippen molar-refractivity contribution in [2.75, 3.05) is 6.61 Å². The third kappa shape index (κ3) is 6.87. The van der Waals surface area contributed by atoms with Crippen molar-refractivity contribution in [1.82, 2.24) is 10.2 Å². The predicted molar refractivity (Wildman–Crippen MR) is 116 cm³/mol. The van der Waals surface area contributed by atoms with Gasteiger partial charge in [0, 0.05) is 12.1 Å². The minimum atomic E-state index is -0.719. The minimum absolute atomic E-state index is 0.175. The molecule has 0 aromatic heterocycles. The van der Waals surface area contributed by atoms with Crippen molar-refractivity contribution in [1.29, 1.82) is 0 Å². The smallest absolute Gasteiger partial charge is 0.261 e. The van der Waals surface area contributed by atoms with E-state index in [1.807, 2.05) is 52.8 Å². The molecule has 2 aromatic rings. The lowest BCUT2D eigenvalue weighted by Crippen LogP contribution is -2.53. The molecule has 5 nitrogen and oxygen atoms in total. The maximum absolute atomic E-state index is 13.3. The van der Waals surface area contributed by atoms with E-state index in [1.54, 1.807) is 19.1 Å². The van der Waals surface area contributed by atoms with E-state index < -0.39 is 11.6 Å². The molecule has 2 rings (SSSR count). The van der Waals surface area contributed by atoms with E-state index in [0.717, 1.165) is 16.7 Å². The summed E-state index contributed by atoms with van der Waals surface area (Å²) >= 11 is 0. The summed E-state index contributed by atoms with van der Waals surface area (Å²) in [5.74, 6) is -0.299. The van der Waals surface area contributed by atoms with Crippen LogP contribution in [0.5, 0.6) is 5.75 Å². The van der Waals surface area contributed by atoms with Gasteiger partial charge in [0.2, 0.25) is 5.91 Å². The van der Waals surface area contributed by atoms with Crippen LogP contribution in [0.15, 0.2) is 42.5 Å². The van der Waals surface area contributed by atoms with Crippen LogP contribution in [0, 0.1) is 19.7 Å². The van der Waals surface area contributed by atoms with Gasteiger partial charge in [-0.3, -0.25) is 9.59 Å². The summed E-state index contributed by atoms with van der Waals surface area (Å²) in [4.78, 5) is 27.2. The number of hydrogen-bond donors (Lipinski definition) is 1. The third-order valence-corrected chi connectivity index (χ3v) is 4.63. The molecule has 0 aliphatic heterocycles. The standard InChI is InChI=1S/C24H31FN2O3/c1-16-7-8-17(2)21(13-16)30-15-22(28)27(14-19-9-11-20(25)12-10-19)18(3)23(29)26-24(4,5)6/h7-13,18H,14-15H2,1-6H3,(H,26,29)/t18-/m0/s1. The van der Waals surface area contributed by atoms with Gasteiger partial charge in [-0.25, -0.2) is 4.39 Å². The van der Waals surface area contributed by atoms with Crippen molar-refractivity contribution in [2.24, 2.45) is 0 Å². The van der Waals surface area contributed by atoms with Gasteiger partial charge in [-0.05, 0) is 76.4 Å². The largest absolute Gasteiger partial charge is 0.483 e. The third-order valence-electron chi connectivity index (χ3n) is 4.63. The van der Waals surface area contributed by atoms with E-state index in [-0.39, 0.29) is 30.8 Å². The Hall–Kier alpha value is -2.89. The SMILES string of the molecule is Cc1ccc(C)c(OCC(=O)N(Cc2ccc(F)cc2)[C@@H](C)C(=O)NC(C)(C)C)c1. The second-order valence-electron chi connectivity index (χ2n) is 8.62. The summed E-state index contributed by atoms with van der Waals surface area (Å²) < 4.78 is 19.0. The molecule has 162 valence electrons. The van der Waals surface area contributed by atoms with E-state index in [0.29, 0.717) is 5.75 Å². The number of benzene rings is 2. The first kappa shape index (κ1) is 23.4. The highest BCUT2D eigenvalue weighted by Crippen LogP contribution is 2.20. The molecule has 2 amide bonds. The molecule has 6 heteroatoms. The van der Waals surface area contributed by atoms with Gasteiger partial charge in [0.25, 0.3) is 5.91 Å². The summed E-state index contributed by atoms with van der Waals surface area (Å²) in [5.41, 5.74) is 2.26. The highest BCUT2D eigenvalue weighted by atomic mass is 19.1. The molecule has 0 radical (unpaired) electrons. The van der Waals surface area contributed by atoms with Crippen LogP contribution in [0.3, 0.4) is 0 Å². The second kappa shape index (κ2) is 9.74. The maximum Gasteiger partial charge on any atom is 0.261 e. The molecule has 0 heterocycles. The number of ether oxygens (including phenoxy) is 1. The van der Waals surface area contributed by atoms with Gasteiger partial charge < -0.3 is 15.0 Å². The zero-order valence-corrected chi connectivity index (χ0v) is 18.6. The van der Waals surface area contributed by atoms with Crippen molar-refractivity contribution < 1.29 is 18.7 Å². The van der Waals surface area contributed by atoms with Gasteiger partial charge in [-0.1, -0.05) is 24.3 Å². The van der Waals surface area contributed by atoms with Gasteiger partial charge in [-0.15, -0.1) is 0 Å². The Morgan fingerprint density at radius 2 is 1.73 bits per heavy atom. The van der Waals surface area contributed by atoms with Crippen LogP contribution in [-0.2, 0) is 16.1 Å². The van der Waals surface area contributed by atoms with Gasteiger partial charge >= 0.3 is 0 Å². The number of carbonyl (C=O) groups is 2. The fraction of sp³-hybridized carbons (Fsp3) is 0.417. The molecule has 1 N–H and O–H groups in total. The van der Waals surface area contributed by atoms with Gasteiger partial charge in [0.1, 0.15) is 17.6 Å². The van der Waals surface area contributed by atoms with Crippen LogP contribution in [0.2, 0.25) is 0 Å². The van der Waals surface area contributed by atoms with Crippen molar-refractivity contribution >= 4 is 11.8 Å². The zero-order chi connectivity index (χ0) is 22.5. The topological polar surface area (TPSA) is 58.6 Å². The summed E-state index contributed by atoms with van der Waals surface area (Å²) in [7, 11) is 0. The molecular weight excluding hydrogens is 383 g/mol. The molecule has 0 aliphatic carbocycles. The normalized spacial score (nSPS) is 12.2. The molecule has 0 spiro atoms. The first-order chi connectivity index (χ1) is 14.0. The van der Waals surface area contributed by atoms with Crippen LogP contribution in [0.4, 0.5) is 4.39 Å². The quantitative estimate of drug-likeness (QED) is 0.740. The number of hydrogen-bond acceptors (Lipinski definition) is 3. The van der Waals surface area contributed by atoms with Crippen molar-refractivity contribution in [3.63, 3.8) is 0 Å². The average Bonchev–Trinajstić information content (AvgIpc) is 2.66. The highest BCUT2D eigenvalue weighted by Gasteiger charge is 2.28. The molecule has 0 saturated heterocycles. The van der Waals surface area contributed by atoms with Gasteiger partial charge in [-0.2, -0.15) is 0 Å². The molecule has 0 bridgehead atoms. The van der Waals surface area contributed by atoms with Gasteiger partial charge in [0.05, 0.1) is 0 Å². The first-order valence-electron chi connectivity index (χ1n) is 10.0. The average molecular weight is 415 g/mol. The molecule has 0 aliphatic rings. The number of rotatable bonds is 7. The van der Waals surface area contributed by atoms with E-state index in [1.165, 1.54) is 17.0 Å². The van der Waals surface area contributed by atoms with E-state index >= 15 is 0 Å². The molecule has 2 aromatic carbocycles. The van der Waals surface area contributed by atoms with Crippen LogP contribution in [-0.4, -0.2) is 34.9 Å². The second-order valence-corrected chi connectivity index (χ2v) is 8.62. The highest BCUT2D eigenvalue weighted by molar-refractivity contribution is 5.88. The molecular formula is C24H31FN2O3. The summed E-state index contributed by atoms with van der Waals surface area (Å²) in [6.07, 6.45) is 0. The predicted octanol–water partition coefficient (Wildman–Crippen LogP) is 4.15. The van der Waals surface area contributed by atoms with Crippen molar-refractivity contribution in [3.8, 4) is 5.75 Å². The van der Waals surface area contributed by atoms with E-state index in [4.69, 9.17) is 4.74 Å². The number of halogens is 1. The van der Waals surface area contributed by atoms with E-state index in [9.17, 15) is 14.0 Å². The number of carbonyl (C=O) groups excluding carboxylic acids is 2. The first-order valence-corrected chi connectivity index (χ1v) is 10.0. The summed E-state index contributed by atoms with van der Waals surface area (Å²) in [6, 6.07) is 11.0. The van der Waals surface area contributed by atoms with Crippen molar-refractivity contribution in [2.45, 2.75) is 59.7 Å². The zero-order valence-electron chi connectivity index (χ0n) is 18.6. The Morgan fingerprint density at radius 1 is 1.10 bits per heavy atom. The lowest BCUT2D eigenvalue weighted by atomic mass is 10.1. The molecule has 0 saturated carbocycles. The van der Waals surface area contributed by atoms with Crippen LogP contribution in [0.1, 0.15) is 44.4 Å². The van der Waals surface area contributed by atoms with Crippen LogP contribution < -0.4 is 10.1 Å². The lowest BCUT2D eigenvalue weighted by molar-refractivity contribution is -0.142. The number of nitrogens with one attached hydrogen (secondary N) is 1. The monoisotopic (exact) mass is 414 g/mol. The Balaban J connectivity index is 2.20. The summed E-state index contributed by atoms with van der Waals surface area (Å²) in [5, 5.41) is 2.91. The Kier molecular flexibility index (Phi) is 7.59. The Morgan fingerprint density at radius 3 is 2.33 bits per heavy atom. The van der Waals surface area contributed by atoms with Crippen LogP contribution >= 0.6 is 0 Å². The Labute approximate surface area is 178 Å².